The third kappa shape index (κ3) is 4.82. The predicted octanol–water partition coefficient (Wildman–Crippen LogP) is 3.79. The molecule has 0 spiro atoms. The fourth-order valence-electron chi connectivity index (χ4n) is 1.85. The number of amides is 2. The summed E-state index contributed by atoms with van der Waals surface area (Å²) < 4.78 is 18.5. The van der Waals surface area contributed by atoms with Gasteiger partial charge in [0, 0.05) is 0 Å². The van der Waals surface area contributed by atoms with E-state index in [4.69, 9.17) is 10.5 Å². The molecule has 0 heterocycles. The van der Waals surface area contributed by atoms with Crippen molar-refractivity contribution in [3.63, 3.8) is 0 Å². The Labute approximate surface area is 133 Å². The molecule has 1 unspecified atom stereocenters. The van der Waals surface area contributed by atoms with Gasteiger partial charge in [-0.1, -0.05) is 24.3 Å². The van der Waals surface area contributed by atoms with Crippen LogP contribution in [0.1, 0.15) is 12.5 Å². The van der Waals surface area contributed by atoms with Crippen molar-refractivity contribution in [2.45, 2.75) is 13.0 Å². The van der Waals surface area contributed by atoms with Crippen molar-refractivity contribution in [2.24, 2.45) is 5.73 Å². The third-order valence-corrected chi connectivity index (χ3v) is 3.09. The smallest absolute Gasteiger partial charge is 0.339 e. The number of hydroxylamine groups is 2. The molecule has 0 aliphatic rings. The highest BCUT2D eigenvalue weighted by Crippen LogP contribution is 2.23. The van der Waals surface area contributed by atoms with E-state index in [0.717, 1.165) is 5.56 Å². The second kappa shape index (κ2) is 7.42. The average Bonchev–Trinajstić information content (AvgIpc) is 2.54. The summed E-state index contributed by atoms with van der Waals surface area (Å²) >= 11 is 0. The van der Waals surface area contributed by atoms with Crippen LogP contribution in [-0.2, 0) is 0 Å². The van der Waals surface area contributed by atoms with E-state index < -0.39 is 12.1 Å². The van der Waals surface area contributed by atoms with Gasteiger partial charge in [-0.05, 0) is 48.9 Å². The summed E-state index contributed by atoms with van der Waals surface area (Å²) in [7, 11) is 0. The summed E-state index contributed by atoms with van der Waals surface area (Å²) in [5.41, 5.74) is 5.80. The molecule has 2 rings (SSSR count). The van der Waals surface area contributed by atoms with E-state index in [1.54, 1.807) is 37.3 Å². The van der Waals surface area contributed by atoms with Crippen LogP contribution in [0, 0.1) is 5.82 Å². The molecular formula is C17H17FN2O3. The van der Waals surface area contributed by atoms with Crippen molar-refractivity contribution >= 4 is 12.1 Å². The highest BCUT2D eigenvalue weighted by atomic mass is 19.1. The Hall–Kier alpha value is -2.86. The van der Waals surface area contributed by atoms with Gasteiger partial charge in [-0.15, -0.1) is 0 Å². The summed E-state index contributed by atoms with van der Waals surface area (Å²) in [6.45, 7) is 1.63. The normalized spacial score (nSPS) is 12.1. The summed E-state index contributed by atoms with van der Waals surface area (Å²) in [6, 6.07) is 11.4. The lowest BCUT2D eigenvalue weighted by Crippen LogP contribution is -2.38. The van der Waals surface area contributed by atoms with Gasteiger partial charge in [0.1, 0.15) is 17.3 Å². The standard InChI is InChI=1S/C17H17FN2O3/c1-12(20(22)17(19)21)5-6-13-3-2-4-16(11-13)23-15-9-7-14(18)8-10-15/h2-12,22H,1H3,(H2,19,21). The molecule has 0 aliphatic carbocycles. The molecule has 2 amide bonds. The molecule has 5 nitrogen and oxygen atoms in total. The fraction of sp³-hybridized carbons (Fsp3) is 0.118. The lowest BCUT2D eigenvalue weighted by atomic mass is 10.1. The van der Waals surface area contributed by atoms with Crippen LogP contribution in [0.5, 0.6) is 11.5 Å². The molecule has 120 valence electrons. The molecule has 0 saturated carbocycles. The predicted molar refractivity (Wildman–Crippen MR) is 84.6 cm³/mol. The van der Waals surface area contributed by atoms with Crippen LogP contribution in [0.15, 0.2) is 54.6 Å². The topological polar surface area (TPSA) is 75.8 Å². The number of benzene rings is 2. The number of hydrogen-bond acceptors (Lipinski definition) is 3. The van der Waals surface area contributed by atoms with Crippen LogP contribution in [0.4, 0.5) is 9.18 Å². The Kier molecular flexibility index (Phi) is 5.32. The summed E-state index contributed by atoms with van der Waals surface area (Å²) in [4.78, 5) is 10.9. The van der Waals surface area contributed by atoms with E-state index in [0.29, 0.717) is 16.6 Å². The zero-order valence-electron chi connectivity index (χ0n) is 12.5. The van der Waals surface area contributed by atoms with Gasteiger partial charge in [-0.25, -0.2) is 9.18 Å². The Bertz CT molecular complexity index is 701. The molecule has 3 N–H and O–H groups in total. The van der Waals surface area contributed by atoms with Crippen LogP contribution >= 0.6 is 0 Å². The number of primary amides is 1. The van der Waals surface area contributed by atoms with Gasteiger partial charge in [0.2, 0.25) is 0 Å². The lowest BCUT2D eigenvalue weighted by Gasteiger charge is -2.16. The number of ether oxygens (including phenoxy) is 1. The average molecular weight is 316 g/mol. The molecule has 2 aromatic rings. The number of hydrogen-bond donors (Lipinski definition) is 2. The van der Waals surface area contributed by atoms with Crippen molar-refractivity contribution < 1.29 is 19.1 Å². The lowest BCUT2D eigenvalue weighted by molar-refractivity contribution is -0.0560. The number of carbonyl (C=O) groups is 1. The van der Waals surface area contributed by atoms with Gasteiger partial charge in [-0.2, -0.15) is 5.06 Å². The molecule has 1 atom stereocenters. The van der Waals surface area contributed by atoms with E-state index in [-0.39, 0.29) is 5.82 Å². The highest BCUT2D eigenvalue weighted by Gasteiger charge is 2.11. The second-order valence-corrected chi connectivity index (χ2v) is 4.91. The molecule has 23 heavy (non-hydrogen) atoms. The van der Waals surface area contributed by atoms with Gasteiger partial charge >= 0.3 is 6.03 Å². The number of carbonyl (C=O) groups excluding carboxylic acids is 1. The SMILES string of the molecule is CC(C=Cc1cccc(Oc2ccc(F)cc2)c1)N(O)C(N)=O. The Balaban J connectivity index is 2.07. The maximum Gasteiger partial charge on any atom is 0.339 e. The number of nitrogens with two attached hydrogens (primary N) is 1. The van der Waals surface area contributed by atoms with Crippen molar-refractivity contribution in [3.05, 3.63) is 66.0 Å². The van der Waals surface area contributed by atoms with E-state index in [2.05, 4.69) is 0 Å². The molecule has 6 heteroatoms. The fourth-order valence-corrected chi connectivity index (χ4v) is 1.85. The maximum atomic E-state index is 12.9. The number of urea groups is 1. The van der Waals surface area contributed by atoms with Gasteiger partial charge in [0.25, 0.3) is 0 Å². The number of halogens is 1. The summed E-state index contributed by atoms with van der Waals surface area (Å²) in [5.74, 6) is 0.782. The van der Waals surface area contributed by atoms with Crippen molar-refractivity contribution in [1.29, 1.82) is 0 Å². The zero-order chi connectivity index (χ0) is 16.8. The molecule has 0 aromatic heterocycles. The van der Waals surface area contributed by atoms with Gasteiger partial charge in [0.05, 0.1) is 6.04 Å². The van der Waals surface area contributed by atoms with Gasteiger partial charge in [-0.3, -0.25) is 5.21 Å². The van der Waals surface area contributed by atoms with E-state index >= 15 is 0 Å². The molecule has 0 aliphatic heterocycles. The summed E-state index contributed by atoms with van der Waals surface area (Å²) in [5, 5.41) is 9.84. The molecule has 2 aromatic carbocycles. The maximum absolute atomic E-state index is 12.9. The zero-order valence-corrected chi connectivity index (χ0v) is 12.5. The second-order valence-electron chi connectivity index (χ2n) is 4.91. The van der Waals surface area contributed by atoms with Crippen LogP contribution in [0.25, 0.3) is 6.08 Å². The van der Waals surface area contributed by atoms with Crippen molar-refractivity contribution in [1.82, 2.24) is 5.06 Å². The quantitative estimate of drug-likeness (QED) is 0.651. The first kappa shape index (κ1) is 16.5. The van der Waals surface area contributed by atoms with E-state index in [1.165, 1.54) is 24.3 Å². The van der Waals surface area contributed by atoms with E-state index in [9.17, 15) is 14.4 Å². The van der Waals surface area contributed by atoms with Gasteiger partial charge in [0.15, 0.2) is 0 Å². The third-order valence-electron chi connectivity index (χ3n) is 3.09. The first-order valence-corrected chi connectivity index (χ1v) is 6.95. The first-order valence-electron chi connectivity index (χ1n) is 6.95. The Morgan fingerprint density at radius 1 is 1.26 bits per heavy atom. The highest BCUT2D eigenvalue weighted by molar-refractivity contribution is 5.71. The first-order chi connectivity index (χ1) is 11.0. The van der Waals surface area contributed by atoms with Crippen LogP contribution in [-0.4, -0.2) is 22.3 Å². The molecule has 0 radical (unpaired) electrons. The van der Waals surface area contributed by atoms with Crippen LogP contribution in [0.2, 0.25) is 0 Å². The summed E-state index contributed by atoms with van der Waals surface area (Å²) in [6.07, 6.45) is 3.36. The molecule has 0 fully saturated rings. The van der Waals surface area contributed by atoms with Crippen LogP contribution < -0.4 is 10.5 Å². The molecule has 0 saturated heterocycles. The minimum Gasteiger partial charge on any atom is -0.457 e. The Morgan fingerprint density at radius 3 is 2.61 bits per heavy atom. The van der Waals surface area contributed by atoms with Crippen molar-refractivity contribution in [3.8, 4) is 11.5 Å². The van der Waals surface area contributed by atoms with E-state index in [1.807, 2.05) is 6.07 Å². The van der Waals surface area contributed by atoms with Crippen LogP contribution in [0.3, 0.4) is 0 Å². The van der Waals surface area contributed by atoms with Gasteiger partial charge < -0.3 is 10.5 Å². The largest absolute Gasteiger partial charge is 0.457 e. The number of nitrogens with zero attached hydrogens (tertiary/aromatic N) is 1. The monoisotopic (exact) mass is 316 g/mol. The van der Waals surface area contributed by atoms with Crippen molar-refractivity contribution in [2.75, 3.05) is 0 Å². The Morgan fingerprint density at radius 2 is 1.96 bits per heavy atom. The minimum atomic E-state index is -0.921. The number of rotatable bonds is 5. The minimum absolute atomic E-state index is 0.328. The molecular weight excluding hydrogens is 299 g/mol. The molecule has 0 bridgehead atoms.